The van der Waals surface area contributed by atoms with E-state index in [0.717, 1.165) is 4.90 Å². The van der Waals surface area contributed by atoms with E-state index in [0.29, 0.717) is 36.1 Å². The number of hydrogen-bond donors (Lipinski definition) is 1. The summed E-state index contributed by atoms with van der Waals surface area (Å²) in [6.45, 7) is 2.77. The van der Waals surface area contributed by atoms with Gasteiger partial charge in [-0.05, 0) is 49.6 Å². The lowest BCUT2D eigenvalue weighted by Crippen LogP contribution is -2.30. The molecule has 3 rings (SSSR count). The van der Waals surface area contributed by atoms with Crippen molar-refractivity contribution in [3.63, 3.8) is 0 Å². The first-order valence-electron chi connectivity index (χ1n) is 7.67. The molecule has 0 bridgehead atoms. The van der Waals surface area contributed by atoms with Crippen molar-refractivity contribution in [2.24, 2.45) is 0 Å². The summed E-state index contributed by atoms with van der Waals surface area (Å²) in [6, 6.07) is 13.0. The Bertz CT molecular complexity index is 717. The number of anilines is 1. The number of rotatable bonds is 5. The van der Waals surface area contributed by atoms with Gasteiger partial charge >= 0.3 is 0 Å². The second-order valence-corrected chi connectivity index (χ2v) is 6.16. The first kappa shape index (κ1) is 16.5. The van der Waals surface area contributed by atoms with Crippen LogP contribution >= 0.6 is 11.8 Å². The van der Waals surface area contributed by atoms with Crippen LogP contribution in [0.4, 0.5) is 5.69 Å². The predicted molar refractivity (Wildman–Crippen MR) is 94.4 cm³/mol. The fourth-order valence-corrected chi connectivity index (χ4v) is 2.69. The lowest BCUT2D eigenvalue weighted by Gasteiger charge is -2.19. The van der Waals surface area contributed by atoms with Crippen molar-refractivity contribution in [3.05, 3.63) is 42.5 Å². The Morgan fingerprint density at radius 2 is 1.83 bits per heavy atom. The highest BCUT2D eigenvalue weighted by molar-refractivity contribution is 7.98. The van der Waals surface area contributed by atoms with E-state index in [1.165, 1.54) is 0 Å². The van der Waals surface area contributed by atoms with Crippen molar-refractivity contribution < 1.29 is 19.0 Å². The van der Waals surface area contributed by atoms with Gasteiger partial charge in [0.25, 0.3) is 5.91 Å². The minimum Gasteiger partial charge on any atom is -0.486 e. The molecule has 0 saturated heterocycles. The van der Waals surface area contributed by atoms with E-state index in [4.69, 9.17) is 14.2 Å². The molecule has 1 N–H and O–H groups in total. The molecule has 126 valence electrons. The molecule has 1 aliphatic rings. The summed E-state index contributed by atoms with van der Waals surface area (Å²) in [4.78, 5) is 13.4. The SMILES string of the molecule is CSc1ccc(O[C@@H](C)C(=O)Nc2ccc3c(c2)OCCO3)cc1. The Morgan fingerprint density at radius 3 is 2.54 bits per heavy atom. The van der Waals surface area contributed by atoms with Gasteiger partial charge in [0.1, 0.15) is 19.0 Å². The Labute approximate surface area is 145 Å². The quantitative estimate of drug-likeness (QED) is 0.840. The monoisotopic (exact) mass is 345 g/mol. The normalized spacial score (nSPS) is 13.9. The average Bonchev–Trinajstić information content (AvgIpc) is 2.62. The van der Waals surface area contributed by atoms with Crippen LogP contribution in [0.5, 0.6) is 17.2 Å². The maximum atomic E-state index is 12.3. The molecule has 0 spiro atoms. The molecule has 1 amide bonds. The fraction of sp³-hybridized carbons (Fsp3) is 0.278. The second-order valence-electron chi connectivity index (χ2n) is 5.28. The van der Waals surface area contributed by atoms with Crippen LogP contribution < -0.4 is 19.5 Å². The van der Waals surface area contributed by atoms with Crippen LogP contribution in [-0.2, 0) is 4.79 Å². The number of benzene rings is 2. The number of nitrogens with one attached hydrogen (secondary N) is 1. The molecule has 1 aliphatic heterocycles. The summed E-state index contributed by atoms with van der Waals surface area (Å²) in [5.41, 5.74) is 0.650. The molecule has 5 nitrogen and oxygen atoms in total. The third-order valence-corrected chi connectivity index (χ3v) is 4.29. The molecule has 6 heteroatoms. The first-order valence-corrected chi connectivity index (χ1v) is 8.89. The van der Waals surface area contributed by atoms with Crippen LogP contribution in [0.25, 0.3) is 0 Å². The van der Waals surface area contributed by atoms with Gasteiger partial charge in [-0.1, -0.05) is 0 Å². The van der Waals surface area contributed by atoms with Gasteiger partial charge in [-0.3, -0.25) is 4.79 Å². The van der Waals surface area contributed by atoms with E-state index in [1.807, 2.05) is 30.5 Å². The van der Waals surface area contributed by atoms with Gasteiger partial charge in [0.2, 0.25) is 0 Å². The molecular weight excluding hydrogens is 326 g/mol. The molecular formula is C18H19NO4S. The zero-order valence-corrected chi connectivity index (χ0v) is 14.4. The molecule has 0 radical (unpaired) electrons. The van der Waals surface area contributed by atoms with Crippen LogP contribution in [0.2, 0.25) is 0 Å². The van der Waals surface area contributed by atoms with E-state index >= 15 is 0 Å². The zero-order valence-electron chi connectivity index (χ0n) is 13.6. The molecule has 2 aromatic carbocycles. The topological polar surface area (TPSA) is 56.8 Å². The molecule has 1 atom stereocenters. The molecule has 0 saturated carbocycles. The van der Waals surface area contributed by atoms with Crippen LogP contribution in [0.1, 0.15) is 6.92 Å². The van der Waals surface area contributed by atoms with Crippen LogP contribution in [0.3, 0.4) is 0 Å². The molecule has 0 aromatic heterocycles. The summed E-state index contributed by atoms with van der Waals surface area (Å²) in [7, 11) is 0. The smallest absolute Gasteiger partial charge is 0.265 e. The van der Waals surface area contributed by atoms with Crippen molar-refractivity contribution >= 4 is 23.4 Å². The highest BCUT2D eigenvalue weighted by Gasteiger charge is 2.17. The predicted octanol–water partition coefficient (Wildman–Crippen LogP) is 3.59. The standard InChI is InChI=1S/C18H19NO4S/c1-12(23-14-4-6-15(24-2)7-5-14)18(20)19-13-3-8-16-17(11-13)22-10-9-21-16/h3-8,11-12H,9-10H2,1-2H3,(H,19,20)/t12-/m0/s1. The highest BCUT2D eigenvalue weighted by atomic mass is 32.2. The van der Waals surface area contributed by atoms with E-state index in [1.54, 1.807) is 36.9 Å². The minimum atomic E-state index is -0.613. The van der Waals surface area contributed by atoms with Crippen LogP contribution in [0, 0.1) is 0 Å². The Balaban J connectivity index is 1.61. The summed E-state index contributed by atoms with van der Waals surface area (Å²) in [6.07, 6.45) is 1.40. The van der Waals surface area contributed by atoms with Gasteiger partial charge < -0.3 is 19.5 Å². The van der Waals surface area contributed by atoms with Crippen molar-refractivity contribution in [2.75, 3.05) is 24.8 Å². The van der Waals surface area contributed by atoms with Crippen molar-refractivity contribution in [2.45, 2.75) is 17.9 Å². The fourth-order valence-electron chi connectivity index (χ4n) is 2.28. The summed E-state index contributed by atoms with van der Waals surface area (Å²) in [5, 5.41) is 2.83. The molecule has 1 heterocycles. The largest absolute Gasteiger partial charge is 0.486 e. The van der Waals surface area contributed by atoms with Crippen molar-refractivity contribution in [1.82, 2.24) is 0 Å². The van der Waals surface area contributed by atoms with Gasteiger partial charge in [-0.15, -0.1) is 11.8 Å². The van der Waals surface area contributed by atoms with Gasteiger partial charge in [0.05, 0.1) is 0 Å². The van der Waals surface area contributed by atoms with Gasteiger partial charge in [-0.25, -0.2) is 0 Å². The number of amides is 1. The van der Waals surface area contributed by atoms with Gasteiger partial charge in [-0.2, -0.15) is 0 Å². The summed E-state index contributed by atoms with van der Waals surface area (Å²) >= 11 is 1.66. The Hall–Kier alpha value is -2.34. The molecule has 2 aromatic rings. The first-order chi connectivity index (χ1) is 11.7. The molecule has 24 heavy (non-hydrogen) atoms. The maximum absolute atomic E-state index is 12.3. The zero-order chi connectivity index (χ0) is 16.9. The Morgan fingerprint density at radius 1 is 1.12 bits per heavy atom. The highest BCUT2D eigenvalue weighted by Crippen LogP contribution is 2.32. The maximum Gasteiger partial charge on any atom is 0.265 e. The van der Waals surface area contributed by atoms with E-state index < -0.39 is 6.10 Å². The van der Waals surface area contributed by atoms with Crippen LogP contribution in [-0.4, -0.2) is 31.5 Å². The number of ether oxygens (including phenoxy) is 3. The van der Waals surface area contributed by atoms with Crippen molar-refractivity contribution in [3.8, 4) is 17.2 Å². The Kier molecular flexibility index (Phi) is 5.15. The van der Waals surface area contributed by atoms with Gasteiger partial charge in [0.15, 0.2) is 17.6 Å². The lowest BCUT2D eigenvalue weighted by molar-refractivity contribution is -0.122. The van der Waals surface area contributed by atoms with Crippen molar-refractivity contribution in [1.29, 1.82) is 0 Å². The number of carbonyl (C=O) groups is 1. The van der Waals surface area contributed by atoms with E-state index in [-0.39, 0.29) is 5.91 Å². The number of carbonyl (C=O) groups excluding carboxylic acids is 1. The minimum absolute atomic E-state index is 0.222. The van der Waals surface area contributed by atoms with Crippen LogP contribution in [0.15, 0.2) is 47.4 Å². The molecule has 0 aliphatic carbocycles. The lowest BCUT2D eigenvalue weighted by atomic mass is 10.2. The van der Waals surface area contributed by atoms with E-state index in [9.17, 15) is 4.79 Å². The summed E-state index contributed by atoms with van der Waals surface area (Å²) in [5.74, 6) is 1.77. The second kappa shape index (κ2) is 7.49. The van der Waals surface area contributed by atoms with Gasteiger partial charge in [0, 0.05) is 16.6 Å². The third-order valence-electron chi connectivity index (χ3n) is 3.55. The summed E-state index contributed by atoms with van der Waals surface area (Å²) < 4.78 is 16.7. The molecule has 0 unspecified atom stereocenters. The number of hydrogen-bond acceptors (Lipinski definition) is 5. The third kappa shape index (κ3) is 3.94. The average molecular weight is 345 g/mol. The van der Waals surface area contributed by atoms with E-state index in [2.05, 4.69) is 5.32 Å². The molecule has 0 fully saturated rings. The number of fused-ring (bicyclic) bond motifs is 1. The number of thioether (sulfide) groups is 1.